The molecule has 0 saturated heterocycles. The zero-order valence-electron chi connectivity index (χ0n) is 9.94. The molecule has 0 aliphatic carbocycles. The number of fused-ring (bicyclic) bond motifs is 1. The summed E-state index contributed by atoms with van der Waals surface area (Å²) >= 11 is 0. The molecule has 1 unspecified atom stereocenters. The SMILES string of the molecule is CC(C(=O)O)n1ccc(=O)c2cc([N+](=O)[O-])ccc21. The van der Waals surface area contributed by atoms with Gasteiger partial charge in [0.1, 0.15) is 6.04 Å². The van der Waals surface area contributed by atoms with Crippen LogP contribution in [0.15, 0.2) is 35.3 Å². The number of hydrogen-bond donors (Lipinski definition) is 1. The van der Waals surface area contributed by atoms with E-state index in [4.69, 9.17) is 5.11 Å². The van der Waals surface area contributed by atoms with E-state index in [9.17, 15) is 19.7 Å². The van der Waals surface area contributed by atoms with Gasteiger partial charge in [-0.05, 0) is 13.0 Å². The van der Waals surface area contributed by atoms with Gasteiger partial charge in [-0.25, -0.2) is 4.79 Å². The van der Waals surface area contributed by atoms with E-state index in [0.717, 1.165) is 6.07 Å². The summed E-state index contributed by atoms with van der Waals surface area (Å²) in [5.41, 5.74) is -0.231. The largest absolute Gasteiger partial charge is 0.480 e. The maximum Gasteiger partial charge on any atom is 0.326 e. The van der Waals surface area contributed by atoms with Gasteiger partial charge in [-0.1, -0.05) is 0 Å². The van der Waals surface area contributed by atoms with Gasteiger partial charge < -0.3 is 9.67 Å². The van der Waals surface area contributed by atoms with Crippen molar-refractivity contribution in [3.8, 4) is 0 Å². The molecule has 0 aliphatic rings. The lowest BCUT2D eigenvalue weighted by Gasteiger charge is -2.14. The van der Waals surface area contributed by atoms with Gasteiger partial charge in [0.05, 0.1) is 15.8 Å². The third-order valence-corrected chi connectivity index (χ3v) is 2.90. The normalized spacial score (nSPS) is 12.3. The van der Waals surface area contributed by atoms with Crippen LogP contribution in [0.2, 0.25) is 0 Å². The molecule has 0 radical (unpaired) electrons. The van der Waals surface area contributed by atoms with Crippen molar-refractivity contribution in [2.45, 2.75) is 13.0 Å². The molecule has 7 nitrogen and oxygen atoms in total. The Bertz CT molecular complexity index is 734. The lowest BCUT2D eigenvalue weighted by atomic mass is 10.1. The smallest absolute Gasteiger partial charge is 0.326 e. The van der Waals surface area contributed by atoms with Crippen molar-refractivity contribution in [1.29, 1.82) is 0 Å². The van der Waals surface area contributed by atoms with Crippen molar-refractivity contribution in [3.05, 3.63) is 50.8 Å². The van der Waals surface area contributed by atoms with Gasteiger partial charge in [0.15, 0.2) is 5.43 Å². The summed E-state index contributed by atoms with van der Waals surface area (Å²) in [5, 5.41) is 19.8. The maximum absolute atomic E-state index is 11.7. The number of rotatable bonds is 3. The summed E-state index contributed by atoms with van der Waals surface area (Å²) in [4.78, 5) is 32.8. The minimum absolute atomic E-state index is 0.129. The number of aliphatic carboxylic acids is 1. The third kappa shape index (κ3) is 2.17. The van der Waals surface area contributed by atoms with Crippen molar-refractivity contribution in [2.75, 3.05) is 0 Å². The molecule has 2 aromatic rings. The standard InChI is InChI=1S/C12H10N2O5/c1-7(12(16)17)13-5-4-11(15)9-6-8(14(18)19)2-3-10(9)13/h2-7H,1H3,(H,16,17). The number of nitro benzene ring substituents is 1. The molecule has 2 rings (SSSR count). The summed E-state index contributed by atoms with van der Waals surface area (Å²) in [5.74, 6) is -1.05. The Labute approximate surface area is 106 Å². The highest BCUT2D eigenvalue weighted by molar-refractivity contribution is 5.83. The average molecular weight is 262 g/mol. The van der Waals surface area contributed by atoms with Crippen molar-refractivity contribution in [2.24, 2.45) is 0 Å². The number of hydrogen-bond acceptors (Lipinski definition) is 4. The predicted octanol–water partition coefficient (Wildman–Crippen LogP) is 1.56. The van der Waals surface area contributed by atoms with Gasteiger partial charge >= 0.3 is 5.97 Å². The van der Waals surface area contributed by atoms with Crippen LogP contribution in [0.25, 0.3) is 10.9 Å². The van der Waals surface area contributed by atoms with Gasteiger partial charge in [0.2, 0.25) is 0 Å². The summed E-state index contributed by atoms with van der Waals surface area (Å²) in [6, 6.07) is 4.11. The zero-order valence-corrected chi connectivity index (χ0v) is 9.94. The minimum atomic E-state index is -1.05. The van der Waals surface area contributed by atoms with Crippen LogP contribution in [0.5, 0.6) is 0 Å². The van der Waals surface area contributed by atoms with Crippen LogP contribution in [-0.4, -0.2) is 20.6 Å². The van der Waals surface area contributed by atoms with Crippen molar-refractivity contribution in [3.63, 3.8) is 0 Å². The Morgan fingerprint density at radius 2 is 2.11 bits per heavy atom. The molecule has 0 saturated carbocycles. The molecule has 19 heavy (non-hydrogen) atoms. The molecule has 1 heterocycles. The Hall–Kier alpha value is -2.70. The van der Waals surface area contributed by atoms with Gasteiger partial charge in [0, 0.05) is 24.4 Å². The van der Waals surface area contributed by atoms with E-state index in [0.29, 0.717) is 5.52 Å². The maximum atomic E-state index is 11.7. The van der Waals surface area contributed by atoms with Crippen molar-refractivity contribution < 1.29 is 14.8 Å². The highest BCUT2D eigenvalue weighted by Gasteiger charge is 2.16. The topological polar surface area (TPSA) is 102 Å². The number of carboxylic acids is 1. The van der Waals surface area contributed by atoms with Crippen LogP contribution < -0.4 is 5.43 Å². The lowest BCUT2D eigenvalue weighted by molar-refractivity contribution is -0.384. The molecule has 1 aromatic carbocycles. The Balaban J connectivity index is 2.77. The second-order valence-corrected chi connectivity index (χ2v) is 4.06. The van der Waals surface area contributed by atoms with E-state index in [1.54, 1.807) is 0 Å². The van der Waals surface area contributed by atoms with Crippen molar-refractivity contribution >= 4 is 22.6 Å². The van der Waals surface area contributed by atoms with Gasteiger partial charge in [0.25, 0.3) is 5.69 Å². The fourth-order valence-corrected chi connectivity index (χ4v) is 1.83. The van der Waals surface area contributed by atoms with Crippen LogP contribution in [0.3, 0.4) is 0 Å². The molecule has 7 heteroatoms. The quantitative estimate of drug-likeness (QED) is 0.667. The van der Waals surface area contributed by atoms with Crippen LogP contribution in [0.1, 0.15) is 13.0 Å². The molecule has 0 amide bonds. The van der Waals surface area contributed by atoms with E-state index < -0.39 is 16.9 Å². The van der Waals surface area contributed by atoms with Crippen LogP contribution in [-0.2, 0) is 4.79 Å². The van der Waals surface area contributed by atoms with Gasteiger partial charge in [-0.15, -0.1) is 0 Å². The van der Waals surface area contributed by atoms with Crippen LogP contribution in [0, 0.1) is 10.1 Å². The number of aromatic nitrogens is 1. The number of non-ortho nitro benzene ring substituents is 1. The van der Waals surface area contributed by atoms with Gasteiger partial charge in [-0.3, -0.25) is 14.9 Å². The van der Waals surface area contributed by atoms with E-state index in [2.05, 4.69) is 0 Å². The molecular weight excluding hydrogens is 252 g/mol. The second kappa shape index (κ2) is 4.52. The molecular formula is C12H10N2O5. The van der Waals surface area contributed by atoms with E-state index >= 15 is 0 Å². The summed E-state index contributed by atoms with van der Waals surface area (Å²) in [6.45, 7) is 1.47. The zero-order chi connectivity index (χ0) is 14.2. The molecule has 98 valence electrons. The Kier molecular flexibility index (Phi) is 3.04. The first-order chi connectivity index (χ1) is 8.91. The third-order valence-electron chi connectivity index (χ3n) is 2.90. The monoisotopic (exact) mass is 262 g/mol. The first-order valence-corrected chi connectivity index (χ1v) is 5.44. The molecule has 0 aliphatic heterocycles. The second-order valence-electron chi connectivity index (χ2n) is 4.06. The first kappa shape index (κ1) is 12.7. The molecule has 0 spiro atoms. The first-order valence-electron chi connectivity index (χ1n) is 5.44. The number of pyridine rings is 1. The summed E-state index contributed by atoms with van der Waals surface area (Å²) in [6.07, 6.45) is 1.37. The predicted molar refractivity (Wildman–Crippen MR) is 67.2 cm³/mol. The van der Waals surface area contributed by atoms with Gasteiger partial charge in [-0.2, -0.15) is 0 Å². The summed E-state index contributed by atoms with van der Waals surface area (Å²) < 4.78 is 1.39. The number of carbonyl (C=O) groups is 1. The van der Waals surface area contributed by atoms with E-state index in [1.165, 1.54) is 35.9 Å². The highest BCUT2D eigenvalue weighted by atomic mass is 16.6. The fourth-order valence-electron chi connectivity index (χ4n) is 1.83. The Morgan fingerprint density at radius 1 is 1.42 bits per heavy atom. The molecule has 0 fully saturated rings. The minimum Gasteiger partial charge on any atom is -0.480 e. The number of carboxylic acid groups (broad SMARTS) is 1. The van der Waals surface area contributed by atoms with Crippen LogP contribution in [0.4, 0.5) is 5.69 Å². The summed E-state index contributed by atoms with van der Waals surface area (Å²) in [7, 11) is 0. The number of nitrogens with zero attached hydrogens (tertiary/aromatic N) is 2. The molecule has 1 atom stereocenters. The molecule has 1 aromatic heterocycles. The van der Waals surface area contributed by atoms with Crippen LogP contribution >= 0.6 is 0 Å². The molecule has 1 N–H and O–H groups in total. The Morgan fingerprint density at radius 3 is 2.68 bits per heavy atom. The lowest BCUT2D eigenvalue weighted by Crippen LogP contribution is -2.18. The number of nitro groups is 1. The molecule has 0 bridgehead atoms. The average Bonchev–Trinajstić information content (AvgIpc) is 2.38. The number of benzene rings is 1. The fraction of sp³-hybridized carbons (Fsp3) is 0.167. The highest BCUT2D eigenvalue weighted by Crippen LogP contribution is 2.20. The van der Waals surface area contributed by atoms with E-state index in [1.807, 2.05) is 0 Å². The van der Waals surface area contributed by atoms with Crippen molar-refractivity contribution in [1.82, 2.24) is 4.57 Å². The van der Waals surface area contributed by atoms with E-state index in [-0.39, 0.29) is 16.5 Å².